The molecule has 10 nitrogen and oxygen atoms in total. The molecule has 0 bridgehead atoms. The van der Waals surface area contributed by atoms with Crippen LogP contribution >= 0.6 is 0 Å². The van der Waals surface area contributed by atoms with Crippen molar-refractivity contribution in [2.75, 3.05) is 22.5 Å². The van der Waals surface area contributed by atoms with Gasteiger partial charge in [-0.15, -0.1) is 0 Å². The van der Waals surface area contributed by atoms with Crippen LogP contribution in [0.1, 0.15) is 45.8 Å². The van der Waals surface area contributed by atoms with Crippen molar-refractivity contribution in [2.45, 2.75) is 31.8 Å². The molecule has 4 aromatic rings. The Morgan fingerprint density at radius 2 is 2.05 bits per heavy atom. The maximum Gasteiger partial charge on any atom is 0.261 e. The van der Waals surface area contributed by atoms with E-state index in [4.69, 9.17) is 5.73 Å². The third-order valence-corrected chi connectivity index (χ3v) is 6.76. The first-order valence-electron chi connectivity index (χ1n) is 12.1. The second-order valence-electron chi connectivity index (χ2n) is 9.35. The number of carbonyl (C=O) groups is 1. The number of hydrogen-bond donors (Lipinski definition) is 3. The minimum Gasteiger partial charge on any atom is -0.392 e. The molecule has 0 saturated heterocycles. The number of amides is 1. The van der Waals surface area contributed by atoms with E-state index in [0.29, 0.717) is 41.4 Å². The average molecular weight is 501 g/mol. The minimum absolute atomic E-state index is 0.0119. The summed E-state index contributed by atoms with van der Waals surface area (Å²) in [4.78, 5) is 27.9. The average Bonchev–Trinajstić information content (AvgIpc) is 3.65. The second-order valence-corrected chi connectivity index (χ2v) is 9.35. The number of rotatable bonds is 6. The van der Waals surface area contributed by atoms with Gasteiger partial charge in [0.15, 0.2) is 5.82 Å². The van der Waals surface area contributed by atoms with E-state index < -0.39 is 11.7 Å². The first kappa shape index (κ1) is 23.0. The standard InChI is InChI=1S/C26H25FN8O2/c1-34-12-17(11-29-34)30-26-32-23(31-25(28)33-26)18-3-2-4-21(19(18)13-36)35-8-7-15-9-16(14-5-6-14)10-20(27)22(15)24(35)37/h2-4,9-12,14,36H,5-8,13H2,1H3,(H3,28,30,31,32,33). The molecule has 6 rings (SSSR count). The van der Waals surface area contributed by atoms with Crippen LogP contribution in [0.5, 0.6) is 0 Å². The highest BCUT2D eigenvalue weighted by molar-refractivity contribution is 6.09. The quantitative estimate of drug-likeness (QED) is 0.367. The van der Waals surface area contributed by atoms with Gasteiger partial charge in [0.05, 0.1) is 29.7 Å². The van der Waals surface area contributed by atoms with Crippen molar-refractivity contribution >= 4 is 29.2 Å². The van der Waals surface area contributed by atoms with Crippen molar-refractivity contribution in [3.63, 3.8) is 0 Å². The highest BCUT2D eigenvalue weighted by Crippen LogP contribution is 2.42. The zero-order valence-electron chi connectivity index (χ0n) is 20.1. The van der Waals surface area contributed by atoms with Crippen LogP contribution in [0, 0.1) is 5.82 Å². The number of aliphatic hydroxyl groups is 1. The first-order chi connectivity index (χ1) is 17.9. The monoisotopic (exact) mass is 500 g/mol. The molecule has 2 aromatic carbocycles. The molecule has 11 heteroatoms. The molecule has 0 spiro atoms. The Hall–Kier alpha value is -4.38. The largest absolute Gasteiger partial charge is 0.392 e. The molecule has 1 aliphatic carbocycles. The van der Waals surface area contributed by atoms with Gasteiger partial charge in [-0.2, -0.15) is 20.1 Å². The molecule has 1 aliphatic heterocycles. The van der Waals surface area contributed by atoms with Crippen molar-refractivity contribution in [1.29, 1.82) is 0 Å². The summed E-state index contributed by atoms with van der Waals surface area (Å²) in [7, 11) is 1.79. The lowest BCUT2D eigenvalue weighted by Gasteiger charge is -2.31. The minimum atomic E-state index is -0.493. The fourth-order valence-electron chi connectivity index (χ4n) is 4.86. The number of anilines is 4. The highest BCUT2D eigenvalue weighted by Gasteiger charge is 2.33. The van der Waals surface area contributed by atoms with E-state index in [1.165, 1.54) is 11.0 Å². The second kappa shape index (κ2) is 8.93. The van der Waals surface area contributed by atoms with Crippen LogP contribution in [0.2, 0.25) is 0 Å². The summed E-state index contributed by atoms with van der Waals surface area (Å²) < 4.78 is 16.7. The van der Waals surface area contributed by atoms with E-state index in [9.17, 15) is 9.90 Å². The predicted molar refractivity (Wildman–Crippen MR) is 136 cm³/mol. The fraction of sp³-hybridized carbons (Fsp3) is 0.269. The van der Waals surface area contributed by atoms with E-state index >= 15 is 4.39 Å². The van der Waals surface area contributed by atoms with Gasteiger partial charge in [-0.05, 0) is 48.4 Å². The molecule has 4 N–H and O–H groups in total. The molecule has 2 aliphatic rings. The highest BCUT2D eigenvalue weighted by atomic mass is 19.1. The van der Waals surface area contributed by atoms with Crippen LogP contribution in [-0.4, -0.2) is 42.3 Å². The summed E-state index contributed by atoms with van der Waals surface area (Å²) in [5, 5.41) is 17.5. The SMILES string of the molecule is Cn1cc(Nc2nc(N)nc(-c3cccc(N4CCc5cc(C6CC6)cc(F)c5C4=O)c3CO)n2)cn1. The number of nitrogens with zero attached hydrogens (tertiary/aromatic N) is 6. The van der Waals surface area contributed by atoms with Gasteiger partial charge in [-0.3, -0.25) is 9.48 Å². The van der Waals surface area contributed by atoms with Crippen LogP contribution in [0.25, 0.3) is 11.4 Å². The smallest absolute Gasteiger partial charge is 0.261 e. The lowest BCUT2D eigenvalue weighted by molar-refractivity contribution is 0.0976. The van der Waals surface area contributed by atoms with E-state index in [1.807, 2.05) is 6.07 Å². The molecule has 1 saturated carbocycles. The van der Waals surface area contributed by atoms with Gasteiger partial charge in [-0.25, -0.2) is 4.39 Å². The van der Waals surface area contributed by atoms with Gasteiger partial charge >= 0.3 is 0 Å². The third kappa shape index (κ3) is 4.27. The molecule has 3 heterocycles. The van der Waals surface area contributed by atoms with Crippen molar-refractivity contribution in [1.82, 2.24) is 24.7 Å². The summed E-state index contributed by atoms with van der Waals surface area (Å²) in [6.07, 6.45) is 6.02. The number of aliphatic hydroxyl groups excluding tert-OH is 1. The molecule has 37 heavy (non-hydrogen) atoms. The van der Waals surface area contributed by atoms with E-state index in [2.05, 4.69) is 25.4 Å². The molecule has 1 amide bonds. The Kier molecular flexibility index (Phi) is 5.56. The van der Waals surface area contributed by atoms with Gasteiger partial charge in [-0.1, -0.05) is 18.2 Å². The zero-order valence-corrected chi connectivity index (χ0v) is 20.1. The van der Waals surface area contributed by atoms with E-state index in [1.54, 1.807) is 42.3 Å². The Labute approximate surface area is 212 Å². The van der Waals surface area contributed by atoms with Crippen molar-refractivity contribution in [3.8, 4) is 11.4 Å². The summed E-state index contributed by atoms with van der Waals surface area (Å²) >= 11 is 0. The van der Waals surface area contributed by atoms with Crippen LogP contribution in [-0.2, 0) is 20.1 Å². The van der Waals surface area contributed by atoms with E-state index in [-0.39, 0.29) is 29.9 Å². The summed E-state index contributed by atoms with van der Waals surface area (Å²) in [6.45, 7) is -0.0226. The molecule has 0 atom stereocenters. The number of carbonyl (C=O) groups excluding carboxylic acids is 1. The van der Waals surface area contributed by atoms with Crippen molar-refractivity contribution in [3.05, 3.63) is 70.8 Å². The number of nitrogens with one attached hydrogen (secondary N) is 1. The van der Waals surface area contributed by atoms with Gasteiger partial charge in [0.1, 0.15) is 5.82 Å². The molecular weight excluding hydrogens is 475 g/mol. The van der Waals surface area contributed by atoms with Crippen LogP contribution < -0.4 is 16.0 Å². The number of hydrogen-bond acceptors (Lipinski definition) is 8. The first-order valence-corrected chi connectivity index (χ1v) is 12.1. The van der Waals surface area contributed by atoms with Gasteiger partial charge in [0, 0.05) is 30.9 Å². The summed E-state index contributed by atoms with van der Waals surface area (Å²) in [5.41, 5.74) is 9.84. The molecular formula is C26H25FN8O2. The van der Waals surface area contributed by atoms with Crippen LogP contribution in [0.15, 0.2) is 42.7 Å². The molecule has 188 valence electrons. The van der Waals surface area contributed by atoms with Crippen LogP contribution in [0.3, 0.4) is 0 Å². The van der Waals surface area contributed by atoms with Gasteiger partial charge in [0.2, 0.25) is 11.9 Å². The number of fused-ring (bicyclic) bond motifs is 1. The summed E-state index contributed by atoms with van der Waals surface area (Å²) in [5.74, 6) is -0.0939. The zero-order chi connectivity index (χ0) is 25.7. The van der Waals surface area contributed by atoms with Crippen molar-refractivity contribution in [2.24, 2.45) is 7.05 Å². The predicted octanol–water partition coefficient (Wildman–Crippen LogP) is 3.31. The normalized spacial score (nSPS) is 15.1. The number of aryl methyl sites for hydroxylation is 1. The fourth-order valence-corrected chi connectivity index (χ4v) is 4.86. The number of nitrogen functional groups attached to an aromatic ring is 1. The maximum atomic E-state index is 15.1. The molecule has 2 aromatic heterocycles. The number of benzene rings is 2. The summed E-state index contributed by atoms with van der Waals surface area (Å²) in [6, 6.07) is 8.67. The molecule has 0 radical (unpaired) electrons. The maximum absolute atomic E-state index is 15.1. The van der Waals surface area contributed by atoms with Crippen molar-refractivity contribution < 1.29 is 14.3 Å². The Morgan fingerprint density at radius 1 is 1.22 bits per heavy atom. The lowest BCUT2D eigenvalue weighted by atomic mass is 9.93. The Balaban J connectivity index is 1.37. The Bertz CT molecular complexity index is 1530. The number of halogens is 1. The van der Waals surface area contributed by atoms with Crippen LogP contribution in [0.4, 0.5) is 27.7 Å². The van der Waals surface area contributed by atoms with E-state index in [0.717, 1.165) is 24.0 Å². The number of aromatic nitrogens is 5. The number of nitrogens with two attached hydrogens (primary N) is 1. The lowest BCUT2D eigenvalue weighted by Crippen LogP contribution is -2.39. The molecule has 0 unspecified atom stereocenters. The Morgan fingerprint density at radius 3 is 2.78 bits per heavy atom. The molecule has 1 fully saturated rings. The van der Waals surface area contributed by atoms with Gasteiger partial charge < -0.3 is 21.1 Å². The third-order valence-electron chi connectivity index (χ3n) is 6.76. The van der Waals surface area contributed by atoms with Gasteiger partial charge in [0.25, 0.3) is 5.91 Å². The topological polar surface area (TPSA) is 135 Å².